The first kappa shape index (κ1) is 8.95. The minimum absolute atomic E-state index is 0.816. The lowest BCUT2D eigenvalue weighted by Crippen LogP contribution is -2.31. The fraction of sp³-hybridized carbons (Fsp3) is 0.667. The van der Waals surface area contributed by atoms with Crippen LogP contribution in [-0.4, -0.2) is 25.6 Å². The highest BCUT2D eigenvalue weighted by Gasteiger charge is 1.87. The van der Waals surface area contributed by atoms with Crippen LogP contribution < -0.4 is 5.43 Å². The van der Waals surface area contributed by atoms with Crippen LogP contribution in [-0.2, 0) is 0 Å². The van der Waals surface area contributed by atoms with Crippen LogP contribution in [0.4, 0.5) is 0 Å². The van der Waals surface area contributed by atoms with Crippen LogP contribution in [0.5, 0.6) is 0 Å². The molecule has 0 atom stereocenters. The third-order valence-electron chi connectivity index (χ3n) is 0.860. The standard InChI is InChI=1S/C6H13ClN2/c1-6(4-7)5-8-9(2)3/h4,8H,5H2,1-3H3/b6-4+. The van der Waals surface area contributed by atoms with Gasteiger partial charge >= 0.3 is 0 Å². The highest BCUT2D eigenvalue weighted by Crippen LogP contribution is 1.91. The van der Waals surface area contributed by atoms with Crippen LogP contribution in [0.2, 0.25) is 0 Å². The number of hydrogen-bond acceptors (Lipinski definition) is 2. The van der Waals surface area contributed by atoms with Gasteiger partial charge in [0.1, 0.15) is 0 Å². The summed E-state index contributed by atoms with van der Waals surface area (Å²) < 4.78 is 0. The molecule has 0 spiro atoms. The zero-order valence-electron chi connectivity index (χ0n) is 6.11. The molecule has 0 aliphatic heterocycles. The van der Waals surface area contributed by atoms with Crippen LogP contribution in [0.15, 0.2) is 11.1 Å². The Balaban J connectivity index is 3.28. The molecule has 9 heavy (non-hydrogen) atoms. The first-order valence-electron chi connectivity index (χ1n) is 2.83. The van der Waals surface area contributed by atoms with Gasteiger partial charge in [0, 0.05) is 26.2 Å². The normalized spacial score (nSPS) is 12.8. The second-order valence-electron chi connectivity index (χ2n) is 2.18. The lowest BCUT2D eigenvalue weighted by Gasteiger charge is -2.10. The van der Waals surface area contributed by atoms with Gasteiger partial charge in [-0.15, -0.1) is 0 Å². The number of hydrazine groups is 1. The molecule has 0 fully saturated rings. The lowest BCUT2D eigenvalue weighted by molar-refractivity contribution is 0.303. The minimum atomic E-state index is 0.816. The molecule has 54 valence electrons. The summed E-state index contributed by atoms with van der Waals surface area (Å²) in [5, 5.41) is 1.89. The van der Waals surface area contributed by atoms with E-state index in [-0.39, 0.29) is 0 Å². The summed E-state index contributed by atoms with van der Waals surface area (Å²) in [7, 11) is 3.89. The topological polar surface area (TPSA) is 15.3 Å². The second kappa shape index (κ2) is 4.79. The summed E-state index contributed by atoms with van der Waals surface area (Å²) in [5.74, 6) is 0. The van der Waals surface area contributed by atoms with E-state index in [2.05, 4.69) is 5.43 Å². The Morgan fingerprint density at radius 1 is 1.67 bits per heavy atom. The molecule has 1 N–H and O–H groups in total. The van der Waals surface area contributed by atoms with Gasteiger partial charge in [-0.3, -0.25) is 10.4 Å². The Morgan fingerprint density at radius 2 is 2.22 bits per heavy atom. The van der Waals surface area contributed by atoms with Crippen molar-refractivity contribution < 1.29 is 0 Å². The van der Waals surface area contributed by atoms with E-state index in [0.29, 0.717) is 0 Å². The third kappa shape index (κ3) is 5.83. The van der Waals surface area contributed by atoms with Crippen LogP contribution >= 0.6 is 11.6 Å². The lowest BCUT2D eigenvalue weighted by atomic mass is 10.4. The number of nitrogens with zero attached hydrogens (tertiary/aromatic N) is 1. The zero-order valence-corrected chi connectivity index (χ0v) is 6.87. The van der Waals surface area contributed by atoms with E-state index in [1.54, 1.807) is 5.54 Å². The summed E-state index contributed by atoms with van der Waals surface area (Å²) in [6.45, 7) is 2.79. The van der Waals surface area contributed by atoms with E-state index in [1.165, 1.54) is 0 Å². The SMILES string of the molecule is C/C(=C\Cl)CNN(C)C. The molecule has 0 aromatic carbocycles. The van der Waals surface area contributed by atoms with Gasteiger partial charge in [0.25, 0.3) is 0 Å². The van der Waals surface area contributed by atoms with Gasteiger partial charge in [0.2, 0.25) is 0 Å². The number of halogens is 1. The van der Waals surface area contributed by atoms with Crippen molar-refractivity contribution in [2.24, 2.45) is 0 Å². The van der Waals surface area contributed by atoms with E-state index in [0.717, 1.165) is 12.1 Å². The largest absolute Gasteiger partial charge is 0.252 e. The molecule has 0 aliphatic rings. The van der Waals surface area contributed by atoms with Gasteiger partial charge < -0.3 is 0 Å². The molecule has 0 aromatic heterocycles. The summed E-state index contributed by atoms with van der Waals surface area (Å²) >= 11 is 5.41. The molecule has 0 rings (SSSR count). The van der Waals surface area contributed by atoms with Crippen molar-refractivity contribution in [3.8, 4) is 0 Å². The highest BCUT2D eigenvalue weighted by atomic mass is 35.5. The van der Waals surface area contributed by atoms with E-state index in [1.807, 2.05) is 26.0 Å². The predicted octanol–water partition coefficient (Wildman–Crippen LogP) is 1.20. The first-order valence-corrected chi connectivity index (χ1v) is 3.27. The van der Waals surface area contributed by atoms with Crippen molar-refractivity contribution in [1.82, 2.24) is 10.4 Å². The Bertz CT molecular complexity index is 99.2. The summed E-state index contributed by atoms with van der Waals surface area (Å²) in [6.07, 6.45) is 0. The van der Waals surface area contributed by atoms with E-state index in [4.69, 9.17) is 11.6 Å². The molecule has 0 amide bonds. The molecule has 0 aliphatic carbocycles. The summed E-state index contributed by atoms with van der Waals surface area (Å²) in [5.41, 5.74) is 5.79. The predicted molar refractivity (Wildman–Crippen MR) is 41.3 cm³/mol. The average Bonchev–Trinajstić information content (AvgIpc) is 1.83. The van der Waals surface area contributed by atoms with Crippen molar-refractivity contribution in [2.45, 2.75) is 6.92 Å². The van der Waals surface area contributed by atoms with Crippen LogP contribution in [0.3, 0.4) is 0 Å². The number of nitrogens with one attached hydrogen (secondary N) is 1. The highest BCUT2D eigenvalue weighted by molar-refractivity contribution is 6.25. The fourth-order valence-corrected chi connectivity index (χ4v) is 0.399. The molecule has 0 bridgehead atoms. The van der Waals surface area contributed by atoms with Crippen LogP contribution in [0.1, 0.15) is 6.92 Å². The maximum absolute atomic E-state index is 5.41. The molecule has 0 heterocycles. The molecule has 0 saturated carbocycles. The maximum Gasteiger partial charge on any atom is 0.0321 e. The average molecular weight is 149 g/mol. The van der Waals surface area contributed by atoms with Crippen molar-refractivity contribution in [3.63, 3.8) is 0 Å². The third-order valence-corrected chi connectivity index (χ3v) is 1.23. The smallest absolute Gasteiger partial charge is 0.0321 e. The fourth-order valence-electron chi connectivity index (χ4n) is 0.321. The zero-order chi connectivity index (χ0) is 7.28. The minimum Gasteiger partial charge on any atom is -0.252 e. The Labute approximate surface area is 61.5 Å². The van der Waals surface area contributed by atoms with Gasteiger partial charge in [-0.25, -0.2) is 0 Å². The summed E-state index contributed by atoms with van der Waals surface area (Å²) in [4.78, 5) is 0. The van der Waals surface area contributed by atoms with Crippen molar-refractivity contribution in [3.05, 3.63) is 11.1 Å². The van der Waals surface area contributed by atoms with E-state index >= 15 is 0 Å². The van der Waals surface area contributed by atoms with Gasteiger partial charge in [-0.1, -0.05) is 11.6 Å². The maximum atomic E-state index is 5.41. The molecule has 0 aromatic rings. The Kier molecular flexibility index (Phi) is 4.77. The summed E-state index contributed by atoms with van der Waals surface area (Å²) in [6, 6.07) is 0. The van der Waals surface area contributed by atoms with Gasteiger partial charge in [-0.2, -0.15) is 0 Å². The van der Waals surface area contributed by atoms with E-state index < -0.39 is 0 Å². The molecule has 3 heteroatoms. The Morgan fingerprint density at radius 3 is 2.56 bits per heavy atom. The van der Waals surface area contributed by atoms with Gasteiger partial charge in [0.15, 0.2) is 0 Å². The number of rotatable bonds is 3. The van der Waals surface area contributed by atoms with Crippen molar-refractivity contribution in [1.29, 1.82) is 0 Å². The Hall–Kier alpha value is -0.0500. The van der Waals surface area contributed by atoms with Gasteiger partial charge in [-0.05, 0) is 12.5 Å². The first-order chi connectivity index (χ1) is 4.16. The molecule has 0 radical (unpaired) electrons. The molecule has 0 saturated heterocycles. The van der Waals surface area contributed by atoms with Crippen molar-refractivity contribution >= 4 is 11.6 Å². The molecule has 2 nitrogen and oxygen atoms in total. The van der Waals surface area contributed by atoms with Crippen molar-refractivity contribution in [2.75, 3.05) is 20.6 Å². The second-order valence-corrected chi connectivity index (χ2v) is 2.40. The molecular formula is C6H13ClN2. The van der Waals surface area contributed by atoms with E-state index in [9.17, 15) is 0 Å². The van der Waals surface area contributed by atoms with Crippen LogP contribution in [0, 0.1) is 0 Å². The number of hydrogen-bond donors (Lipinski definition) is 1. The molecular weight excluding hydrogens is 136 g/mol. The quantitative estimate of drug-likeness (QED) is 0.605. The van der Waals surface area contributed by atoms with Gasteiger partial charge in [0.05, 0.1) is 0 Å². The molecule has 0 unspecified atom stereocenters. The van der Waals surface area contributed by atoms with Crippen LogP contribution in [0.25, 0.3) is 0 Å². The monoisotopic (exact) mass is 148 g/mol.